The van der Waals surface area contributed by atoms with E-state index in [1.165, 1.54) is 148 Å². The molecule has 0 fully saturated rings. The van der Waals surface area contributed by atoms with Crippen molar-refractivity contribution in [1.29, 1.82) is 0 Å². The highest BCUT2D eigenvalue weighted by atomic mass is 31.2. The van der Waals surface area contributed by atoms with Crippen LogP contribution in [0.4, 0.5) is 0 Å². The van der Waals surface area contributed by atoms with Gasteiger partial charge in [0.1, 0.15) is 19.3 Å². The summed E-state index contributed by atoms with van der Waals surface area (Å²) >= 11 is 0. The van der Waals surface area contributed by atoms with E-state index in [1.54, 1.807) is 0 Å². The van der Waals surface area contributed by atoms with Crippen LogP contribution in [0.15, 0.2) is 0 Å². The Labute approximate surface area is 524 Å². The fourth-order valence-corrected chi connectivity index (χ4v) is 11.6. The van der Waals surface area contributed by atoms with Gasteiger partial charge in [-0.05, 0) is 37.5 Å². The predicted molar refractivity (Wildman–Crippen MR) is 345 cm³/mol. The molecule has 0 radical (unpaired) electrons. The smallest absolute Gasteiger partial charge is 0.462 e. The van der Waals surface area contributed by atoms with E-state index in [0.717, 1.165) is 96.3 Å². The van der Waals surface area contributed by atoms with Gasteiger partial charge in [0.2, 0.25) is 0 Å². The number of ether oxygens (including phenoxy) is 4. The van der Waals surface area contributed by atoms with Crippen molar-refractivity contribution in [3.63, 3.8) is 0 Å². The SMILES string of the molecule is CCCCCCCCCCCCCCCC(=O)OC[C@H](COP(=O)(O)OC[C@@H](O)COP(=O)(O)OC[C@@H](COC(=O)CCCCCCCCCC(C)C)OC(=O)CCCCCCCCCC(C)C)OC(=O)CCCCCCCCCCCCCCC. The van der Waals surface area contributed by atoms with Crippen molar-refractivity contribution in [2.75, 3.05) is 39.6 Å². The molecule has 86 heavy (non-hydrogen) atoms. The summed E-state index contributed by atoms with van der Waals surface area (Å²) in [6.45, 7) is 9.41. The summed E-state index contributed by atoms with van der Waals surface area (Å²) in [5.74, 6) is -0.729. The third-order valence-electron chi connectivity index (χ3n) is 15.5. The van der Waals surface area contributed by atoms with Crippen molar-refractivity contribution < 1.29 is 80.2 Å². The Morgan fingerprint density at radius 1 is 0.314 bits per heavy atom. The zero-order chi connectivity index (χ0) is 63.6. The summed E-state index contributed by atoms with van der Waals surface area (Å²) in [6, 6.07) is 0. The molecule has 0 aliphatic heterocycles. The van der Waals surface area contributed by atoms with Gasteiger partial charge < -0.3 is 33.8 Å². The summed E-state index contributed by atoms with van der Waals surface area (Å²) in [6.07, 6.45) is 43.1. The van der Waals surface area contributed by atoms with Crippen LogP contribution in [0.5, 0.6) is 0 Å². The Kier molecular flexibility index (Phi) is 58.0. The van der Waals surface area contributed by atoms with Crippen LogP contribution < -0.4 is 0 Å². The fraction of sp³-hybridized carbons (Fsp3) is 0.940. The van der Waals surface area contributed by atoms with Gasteiger partial charge in [-0.15, -0.1) is 0 Å². The molecule has 0 aromatic rings. The number of rotatable bonds is 66. The third kappa shape index (κ3) is 60.9. The van der Waals surface area contributed by atoms with E-state index in [4.69, 9.17) is 37.0 Å². The van der Waals surface area contributed by atoms with Gasteiger partial charge in [-0.25, -0.2) is 9.13 Å². The van der Waals surface area contributed by atoms with E-state index in [0.29, 0.717) is 37.5 Å². The molecular weight excluding hydrogens is 1140 g/mol. The Morgan fingerprint density at radius 2 is 0.535 bits per heavy atom. The van der Waals surface area contributed by atoms with E-state index in [-0.39, 0.29) is 25.7 Å². The molecule has 0 rings (SSSR count). The molecule has 0 spiro atoms. The van der Waals surface area contributed by atoms with Crippen LogP contribution >= 0.6 is 15.6 Å². The minimum Gasteiger partial charge on any atom is -0.462 e. The molecule has 19 heteroatoms. The number of phosphoric acid groups is 2. The van der Waals surface area contributed by atoms with E-state index >= 15 is 0 Å². The van der Waals surface area contributed by atoms with Gasteiger partial charge in [-0.2, -0.15) is 0 Å². The van der Waals surface area contributed by atoms with Crippen LogP contribution in [0.2, 0.25) is 0 Å². The van der Waals surface area contributed by atoms with Gasteiger partial charge in [0.05, 0.1) is 26.4 Å². The molecule has 2 unspecified atom stereocenters. The van der Waals surface area contributed by atoms with Crippen LogP contribution in [0.1, 0.15) is 337 Å². The number of aliphatic hydroxyl groups is 1. The fourth-order valence-electron chi connectivity index (χ4n) is 10.1. The highest BCUT2D eigenvalue weighted by Crippen LogP contribution is 2.45. The number of hydrogen-bond acceptors (Lipinski definition) is 15. The maximum Gasteiger partial charge on any atom is 0.472 e. The molecule has 0 saturated carbocycles. The first-order valence-electron chi connectivity index (χ1n) is 35.0. The number of phosphoric ester groups is 2. The molecular formula is C67H130O17P2. The molecule has 17 nitrogen and oxygen atoms in total. The van der Waals surface area contributed by atoms with Crippen molar-refractivity contribution in [1.82, 2.24) is 0 Å². The van der Waals surface area contributed by atoms with Crippen LogP contribution in [0.25, 0.3) is 0 Å². The van der Waals surface area contributed by atoms with Crippen LogP contribution in [0, 0.1) is 11.8 Å². The van der Waals surface area contributed by atoms with Crippen LogP contribution in [-0.4, -0.2) is 96.7 Å². The first-order chi connectivity index (χ1) is 41.4. The summed E-state index contributed by atoms with van der Waals surface area (Å²) in [5.41, 5.74) is 0. The average molecular weight is 1270 g/mol. The van der Waals surface area contributed by atoms with Gasteiger partial charge in [-0.3, -0.25) is 37.3 Å². The minimum atomic E-state index is -4.95. The van der Waals surface area contributed by atoms with Crippen molar-refractivity contribution in [3.05, 3.63) is 0 Å². The number of aliphatic hydroxyl groups excluding tert-OH is 1. The highest BCUT2D eigenvalue weighted by molar-refractivity contribution is 7.47. The molecule has 0 aromatic heterocycles. The van der Waals surface area contributed by atoms with E-state index in [9.17, 15) is 43.2 Å². The van der Waals surface area contributed by atoms with Crippen molar-refractivity contribution in [3.8, 4) is 0 Å². The lowest BCUT2D eigenvalue weighted by molar-refractivity contribution is -0.161. The van der Waals surface area contributed by atoms with Crippen LogP contribution in [-0.2, 0) is 65.4 Å². The first-order valence-corrected chi connectivity index (χ1v) is 38.0. The largest absolute Gasteiger partial charge is 0.472 e. The van der Waals surface area contributed by atoms with Gasteiger partial charge in [0.15, 0.2) is 12.2 Å². The molecule has 0 aliphatic rings. The monoisotopic (exact) mass is 1270 g/mol. The molecule has 3 N–H and O–H groups in total. The quantitative estimate of drug-likeness (QED) is 0.0222. The molecule has 510 valence electrons. The number of esters is 4. The highest BCUT2D eigenvalue weighted by Gasteiger charge is 2.30. The van der Waals surface area contributed by atoms with Crippen molar-refractivity contribution in [2.24, 2.45) is 11.8 Å². The summed E-state index contributed by atoms with van der Waals surface area (Å²) in [7, 11) is -9.89. The van der Waals surface area contributed by atoms with Crippen molar-refractivity contribution >= 4 is 39.5 Å². The second-order valence-corrected chi connectivity index (χ2v) is 28.1. The summed E-state index contributed by atoms with van der Waals surface area (Å²) < 4.78 is 68.1. The van der Waals surface area contributed by atoms with E-state index in [2.05, 4.69) is 41.5 Å². The number of hydrogen-bond donors (Lipinski definition) is 3. The molecule has 0 aromatic carbocycles. The number of carbonyl (C=O) groups excluding carboxylic acids is 4. The maximum atomic E-state index is 13.0. The van der Waals surface area contributed by atoms with Gasteiger partial charge in [0.25, 0.3) is 0 Å². The maximum absolute atomic E-state index is 13.0. The van der Waals surface area contributed by atoms with Gasteiger partial charge in [0, 0.05) is 25.7 Å². The Morgan fingerprint density at radius 3 is 0.791 bits per heavy atom. The first kappa shape index (κ1) is 84.1. The standard InChI is InChI=1S/C67H130O17P2/c1-7-9-11-13-15-17-19-21-23-25-31-37-43-49-64(69)77-55-62(83-66(71)51-45-39-32-26-24-22-20-18-16-14-12-10-8-2)57-81-85(73,74)79-53-61(68)54-80-86(75,76)82-58-63(84-67(72)52-46-40-34-28-30-36-42-48-60(5)6)56-78-65(70)50-44-38-33-27-29-35-41-47-59(3)4/h59-63,68H,7-58H2,1-6H3,(H,73,74)(H,75,76)/t61-,62-,63-/m1/s1. The number of unbranched alkanes of at least 4 members (excludes halogenated alkanes) is 36. The zero-order valence-electron chi connectivity index (χ0n) is 55.6. The third-order valence-corrected chi connectivity index (χ3v) is 17.4. The molecule has 0 aliphatic carbocycles. The van der Waals surface area contributed by atoms with Gasteiger partial charge in [-0.1, -0.05) is 286 Å². The Hall–Kier alpha value is -1.94. The molecule has 0 bridgehead atoms. The molecule has 0 heterocycles. The van der Waals surface area contributed by atoms with Crippen molar-refractivity contribution in [2.45, 2.75) is 355 Å². The lowest BCUT2D eigenvalue weighted by Gasteiger charge is -2.21. The van der Waals surface area contributed by atoms with Crippen LogP contribution in [0.3, 0.4) is 0 Å². The zero-order valence-corrected chi connectivity index (χ0v) is 57.4. The normalized spacial score (nSPS) is 14.2. The lowest BCUT2D eigenvalue weighted by Crippen LogP contribution is -2.30. The minimum absolute atomic E-state index is 0.103. The molecule has 0 amide bonds. The average Bonchev–Trinajstić information content (AvgIpc) is 3.55. The summed E-state index contributed by atoms with van der Waals surface area (Å²) in [4.78, 5) is 72.4. The van der Waals surface area contributed by atoms with E-state index < -0.39 is 97.5 Å². The summed E-state index contributed by atoms with van der Waals surface area (Å²) in [5, 5.41) is 10.6. The van der Waals surface area contributed by atoms with Gasteiger partial charge >= 0.3 is 39.5 Å². The number of carbonyl (C=O) groups is 4. The second kappa shape index (κ2) is 59.4. The topological polar surface area (TPSA) is 237 Å². The van der Waals surface area contributed by atoms with E-state index in [1.807, 2.05) is 0 Å². The predicted octanol–water partition coefficient (Wildman–Crippen LogP) is 18.8. The molecule has 0 saturated heterocycles. The molecule has 5 atom stereocenters. The Balaban J connectivity index is 5.24. The lowest BCUT2D eigenvalue weighted by atomic mass is 10.0. The second-order valence-electron chi connectivity index (χ2n) is 25.2. The Bertz CT molecular complexity index is 1680.